The van der Waals surface area contributed by atoms with Crippen molar-refractivity contribution in [3.63, 3.8) is 0 Å². The van der Waals surface area contributed by atoms with Gasteiger partial charge < -0.3 is 5.73 Å². The summed E-state index contributed by atoms with van der Waals surface area (Å²) in [6.45, 7) is 0. The summed E-state index contributed by atoms with van der Waals surface area (Å²) in [4.78, 5) is 3.91. The van der Waals surface area contributed by atoms with Gasteiger partial charge in [-0.25, -0.2) is 4.98 Å². The Labute approximate surface area is 74.4 Å². The number of aromatic amines is 1. The van der Waals surface area contributed by atoms with Crippen LogP contribution in [0.25, 0.3) is 0 Å². The van der Waals surface area contributed by atoms with Gasteiger partial charge >= 0.3 is 0 Å². The Balaban J connectivity index is 2.16. The van der Waals surface area contributed by atoms with Gasteiger partial charge in [-0.05, 0) is 6.42 Å². The fraction of sp³-hybridized carbons (Fsp3) is 0.500. The van der Waals surface area contributed by atoms with Crippen LogP contribution < -0.4 is 5.73 Å². The number of nitriles is 1. The quantitative estimate of drug-likeness (QED) is 0.648. The van der Waals surface area contributed by atoms with Crippen LogP contribution in [0.15, 0.2) is 11.5 Å². The Morgan fingerprint density at radius 1 is 1.83 bits per heavy atom. The lowest BCUT2D eigenvalue weighted by Crippen LogP contribution is -2.17. The van der Waals surface area contributed by atoms with Crippen LogP contribution in [0.1, 0.15) is 6.42 Å². The molecule has 0 radical (unpaired) electrons. The third kappa shape index (κ3) is 2.90. The van der Waals surface area contributed by atoms with Gasteiger partial charge in [0.25, 0.3) is 0 Å². The Morgan fingerprint density at radius 3 is 3.25 bits per heavy atom. The van der Waals surface area contributed by atoms with Crippen molar-refractivity contribution in [1.82, 2.24) is 15.2 Å². The molecule has 0 aliphatic carbocycles. The summed E-state index contributed by atoms with van der Waals surface area (Å²) in [5.74, 6) is 0.782. The summed E-state index contributed by atoms with van der Waals surface area (Å²) in [5, 5.41) is 15.5. The molecule has 3 N–H and O–H groups in total. The van der Waals surface area contributed by atoms with Crippen molar-refractivity contribution in [2.45, 2.75) is 17.6 Å². The Hall–Kier alpha value is -1.06. The molecule has 5 nitrogen and oxygen atoms in total. The van der Waals surface area contributed by atoms with E-state index in [-0.39, 0.29) is 6.04 Å². The van der Waals surface area contributed by atoms with E-state index in [2.05, 4.69) is 15.2 Å². The van der Waals surface area contributed by atoms with E-state index < -0.39 is 0 Å². The maximum atomic E-state index is 8.37. The van der Waals surface area contributed by atoms with E-state index in [9.17, 15) is 0 Å². The Bertz CT molecular complexity index is 251. The molecule has 1 atom stereocenters. The molecule has 0 saturated heterocycles. The van der Waals surface area contributed by atoms with Gasteiger partial charge in [0.05, 0.1) is 12.1 Å². The number of hydrogen-bond acceptors (Lipinski definition) is 5. The Morgan fingerprint density at radius 2 is 2.67 bits per heavy atom. The predicted octanol–water partition coefficient (Wildman–Crippen LogP) is 0.138. The number of hydrogen-bond donors (Lipinski definition) is 2. The number of aromatic nitrogens is 3. The average Bonchev–Trinajstić information content (AvgIpc) is 2.57. The lowest BCUT2D eigenvalue weighted by atomic mass is 10.3. The summed E-state index contributed by atoms with van der Waals surface area (Å²) in [7, 11) is 0. The lowest BCUT2D eigenvalue weighted by molar-refractivity contribution is 0.801. The first kappa shape index (κ1) is 9.03. The SMILES string of the molecule is N#CC(N)CCSc1ncn[nH]1. The van der Waals surface area contributed by atoms with E-state index in [1.165, 1.54) is 18.1 Å². The molecular weight excluding hydrogens is 174 g/mol. The van der Waals surface area contributed by atoms with Crippen molar-refractivity contribution in [3.05, 3.63) is 6.33 Å². The zero-order chi connectivity index (χ0) is 8.81. The molecule has 0 saturated carbocycles. The highest BCUT2D eigenvalue weighted by molar-refractivity contribution is 7.99. The van der Waals surface area contributed by atoms with Gasteiger partial charge in [0.2, 0.25) is 0 Å². The highest BCUT2D eigenvalue weighted by Crippen LogP contribution is 2.11. The molecular formula is C6H9N5S. The summed E-state index contributed by atoms with van der Waals surface area (Å²) in [6, 6.07) is 1.59. The summed E-state index contributed by atoms with van der Waals surface area (Å²) in [5.41, 5.74) is 5.39. The number of nitrogens with zero attached hydrogens (tertiary/aromatic N) is 3. The van der Waals surface area contributed by atoms with Crippen molar-refractivity contribution in [2.75, 3.05) is 5.75 Å². The number of rotatable bonds is 4. The average molecular weight is 183 g/mol. The first-order chi connectivity index (χ1) is 5.83. The normalized spacial score (nSPS) is 12.3. The largest absolute Gasteiger partial charge is 0.316 e. The highest BCUT2D eigenvalue weighted by Gasteiger charge is 2.01. The fourth-order valence-corrected chi connectivity index (χ4v) is 1.41. The zero-order valence-corrected chi connectivity index (χ0v) is 7.21. The summed E-state index contributed by atoms with van der Waals surface area (Å²) in [6.07, 6.45) is 2.12. The molecule has 0 amide bonds. The number of thioether (sulfide) groups is 1. The van der Waals surface area contributed by atoms with Gasteiger partial charge in [0.15, 0.2) is 5.16 Å². The van der Waals surface area contributed by atoms with Crippen molar-refractivity contribution in [1.29, 1.82) is 5.26 Å². The van der Waals surface area contributed by atoms with Crippen molar-refractivity contribution in [3.8, 4) is 6.07 Å². The number of nitrogens with one attached hydrogen (secondary N) is 1. The topological polar surface area (TPSA) is 91.4 Å². The smallest absolute Gasteiger partial charge is 0.183 e. The molecule has 1 aromatic heterocycles. The minimum Gasteiger partial charge on any atom is -0.316 e. The van der Waals surface area contributed by atoms with Crippen LogP contribution in [0.5, 0.6) is 0 Å². The maximum absolute atomic E-state index is 8.37. The summed E-state index contributed by atoms with van der Waals surface area (Å²) >= 11 is 1.51. The van der Waals surface area contributed by atoms with Gasteiger partial charge in [0.1, 0.15) is 6.33 Å². The lowest BCUT2D eigenvalue weighted by Gasteiger charge is -1.98. The molecule has 12 heavy (non-hydrogen) atoms. The van der Waals surface area contributed by atoms with E-state index in [0.717, 1.165) is 10.9 Å². The van der Waals surface area contributed by atoms with Crippen LogP contribution in [-0.4, -0.2) is 27.0 Å². The predicted molar refractivity (Wildman–Crippen MR) is 45.3 cm³/mol. The first-order valence-electron chi connectivity index (χ1n) is 3.46. The van der Waals surface area contributed by atoms with Crippen molar-refractivity contribution in [2.24, 2.45) is 5.73 Å². The molecule has 1 rings (SSSR count). The first-order valence-corrected chi connectivity index (χ1v) is 4.45. The van der Waals surface area contributed by atoms with E-state index >= 15 is 0 Å². The molecule has 0 spiro atoms. The third-order valence-electron chi connectivity index (χ3n) is 1.23. The molecule has 0 bridgehead atoms. The molecule has 1 aromatic rings. The molecule has 1 unspecified atom stereocenters. The van der Waals surface area contributed by atoms with Crippen LogP contribution >= 0.6 is 11.8 Å². The van der Waals surface area contributed by atoms with Gasteiger partial charge in [-0.15, -0.1) is 0 Å². The van der Waals surface area contributed by atoms with Crippen LogP contribution in [0.3, 0.4) is 0 Å². The van der Waals surface area contributed by atoms with Crippen molar-refractivity contribution >= 4 is 11.8 Å². The monoisotopic (exact) mass is 183 g/mol. The second kappa shape index (κ2) is 4.74. The van der Waals surface area contributed by atoms with E-state index in [0.29, 0.717) is 6.42 Å². The molecule has 0 aliphatic heterocycles. The van der Waals surface area contributed by atoms with Gasteiger partial charge in [-0.2, -0.15) is 10.4 Å². The van der Waals surface area contributed by atoms with Gasteiger partial charge in [-0.3, -0.25) is 5.10 Å². The maximum Gasteiger partial charge on any atom is 0.183 e. The minimum atomic E-state index is -0.375. The minimum absolute atomic E-state index is 0.375. The van der Waals surface area contributed by atoms with Crippen LogP contribution in [0.2, 0.25) is 0 Å². The van der Waals surface area contributed by atoms with Gasteiger partial charge in [-0.1, -0.05) is 11.8 Å². The van der Waals surface area contributed by atoms with Crippen molar-refractivity contribution < 1.29 is 0 Å². The number of nitrogens with two attached hydrogens (primary N) is 1. The van der Waals surface area contributed by atoms with E-state index in [4.69, 9.17) is 11.0 Å². The fourth-order valence-electron chi connectivity index (χ4n) is 0.611. The van der Waals surface area contributed by atoms with E-state index in [1.807, 2.05) is 6.07 Å². The van der Waals surface area contributed by atoms with E-state index in [1.54, 1.807) is 0 Å². The van der Waals surface area contributed by atoms with Crippen LogP contribution in [0, 0.1) is 11.3 Å². The zero-order valence-electron chi connectivity index (χ0n) is 6.40. The molecule has 0 aliphatic rings. The summed E-state index contributed by atoms with van der Waals surface area (Å²) < 4.78 is 0. The third-order valence-corrected chi connectivity index (χ3v) is 2.14. The highest BCUT2D eigenvalue weighted by atomic mass is 32.2. The van der Waals surface area contributed by atoms with Crippen LogP contribution in [-0.2, 0) is 0 Å². The molecule has 64 valence electrons. The Kier molecular flexibility index (Phi) is 3.57. The molecule has 0 fully saturated rings. The second-order valence-electron chi connectivity index (χ2n) is 2.16. The number of H-pyrrole nitrogens is 1. The van der Waals surface area contributed by atoms with Crippen LogP contribution in [0.4, 0.5) is 0 Å². The van der Waals surface area contributed by atoms with Gasteiger partial charge in [0, 0.05) is 5.75 Å². The molecule has 6 heteroatoms. The molecule has 1 heterocycles. The molecule has 0 aromatic carbocycles. The second-order valence-corrected chi connectivity index (χ2v) is 3.25. The standard InChI is InChI=1S/C6H9N5S/c7-3-5(8)1-2-12-6-9-4-10-11-6/h4-5H,1-2,8H2,(H,9,10,11).